The van der Waals surface area contributed by atoms with Gasteiger partial charge < -0.3 is 4.90 Å². The van der Waals surface area contributed by atoms with Crippen molar-refractivity contribution in [3.63, 3.8) is 0 Å². The maximum Gasteiger partial charge on any atom is 0.261 e. The van der Waals surface area contributed by atoms with E-state index in [0.29, 0.717) is 30.1 Å². The van der Waals surface area contributed by atoms with Gasteiger partial charge in [-0.25, -0.2) is 4.98 Å². The maximum atomic E-state index is 12.5. The van der Waals surface area contributed by atoms with Crippen LogP contribution in [0, 0.1) is 0 Å². The molecule has 1 saturated heterocycles. The van der Waals surface area contributed by atoms with Crippen LogP contribution in [0.3, 0.4) is 0 Å². The molecule has 6 heteroatoms. The fourth-order valence-electron chi connectivity index (χ4n) is 4.21. The number of carbonyl (C=O) groups excluding carboxylic acids is 2. The summed E-state index contributed by atoms with van der Waals surface area (Å²) in [4.78, 5) is 33.7. The molecular formula is C22H21N3O2S. The van der Waals surface area contributed by atoms with E-state index in [4.69, 9.17) is 4.98 Å². The van der Waals surface area contributed by atoms with Gasteiger partial charge >= 0.3 is 0 Å². The summed E-state index contributed by atoms with van der Waals surface area (Å²) in [7, 11) is 0. The molecular weight excluding hydrogens is 370 g/mol. The number of likely N-dealkylation sites (tertiary alicyclic amines) is 1. The van der Waals surface area contributed by atoms with Crippen LogP contribution in [0.25, 0.3) is 10.2 Å². The van der Waals surface area contributed by atoms with Crippen LogP contribution in [-0.2, 0) is 0 Å². The number of imide groups is 1. The van der Waals surface area contributed by atoms with Crippen LogP contribution in [0.4, 0.5) is 0 Å². The minimum Gasteiger partial charge on any atom is -0.301 e. The molecule has 0 spiro atoms. The molecule has 28 heavy (non-hydrogen) atoms. The van der Waals surface area contributed by atoms with E-state index in [1.807, 2.05) is 6.07 Å². The zero-order valence-electron chi connectivity index (χ0n) is 15.5. The number of hydrogen-bond donors (Lipinski definition) is 0. The number of rotatable bonds is 4. The van der Waals surface area contributed by atoms with E-state index in [0.717, 1.165) is 31.4 Å². The Morgan fingerprint density at radius 3 is 2.43 bits per heavy atom. The third kappa shape index (κ3) is 3.02. The van der Waals surface area contributed by atoms with Crippen LogP contribution in [0.2, 0.25) is 0 Å². The first-order chi connectivity index (χ1) is 13.7. The zero-order valence-corrected chi connectivity index (χ0v) is 16.3. The van der Waals surface area contributed by atoms with Crippen LogP contribution in [0.1, 0.15) is 44.5 Å². The molecule has 2 aliphatic rings. The number of carbonyl (C=O) groups is 2. The van der Waals surface area contributed by atoms with Crippen molar-refractivity contribution in [1.82, 2.24) is 14.8 Å². The van der Waals surface area contributed by atoms with Crippen LogP contribution >= 0.6 is 11.3 Å². The molecule has 0 saturated carbocycles. The number of amides is 2. The Labute approximate surface area is 167 Å². The van der Waals surface area contributed by atoms with Crippen molar-refractivity contribution in [2.75, 3.05) is 26.2 Å². The number of fused-ring (bicyclic) bond motifs is 2. The molecule has 0 aliphatic carbocycles. The fraction of sp³-hybridized carbons (Fsp3) is 0.318. The molecule has 0 N–H and O–H groups in total. The van der Waals surface area contributed by atoms with E-state index in [-0.39, 0.29) is 11.8 Å². The molecule has 1 fully saturated rings. The Hall–Kier alpha value is -2.57. The minimum atomic E-state index is -0.166. The second kappa shape index (κ2) is 7.11. The summed E-state index contributed by atoms with van der Waals surface area (Å²) in [5, 5.41) is 1.20. The van der Waals surface area contributed by atoms with Crippen molar-refractivity contribution in [2.45, 2.75) is 18.8 Å². The SMILES string of the molecule is O=C1c2ccccc2C(=O)N1CCN1CCC[C@@H](c2nc3ccccc3s2)C1. The number of nitrogens with zero attached hydrogens (tertiary/aromatic N) is 3. The summed E-state index contributed by atoms with van der Waals surface area (Å²) < 4.78 is 1.24. The fourth-order valence-corrected chi connectivity index (χ4v) is 5.30. The minimum absolute atomic E-state index is 0.166. The highest BCUT2D eigenvalue weighted by atomic mass is 32.1. The van der Waals surface area contributed by atoms with Crippen molar-refractivity contribution in [3.8, 4) is 0 Å². The van der Waals surface area contributed by atoms with Gasteiger partial charge in [0.2, 0.25) is 0 Å². The van der Waals surface area contributed by atoms with Crippen molar-refractivity contribution in [2.24, 2.45) is 0 Å². The molecule has 5 rings (SSSR count). The van der Waals surface area contributed by atoms with Gasteiger partial charge in [-0.15, -0.1) is 11.3 Å². The van der Waals surface area contributed by atoms with Gasteiger partial charge in [0.1, 0.15) is 0 Å². The number of piperidine rings is 1. The average molecular weight is 391 g/mol. The van der Waals surface area contributed by atoms with Crippen molar-refractivity contribution >= 4 is 33.4 Å². The van der Waals surface area contributed by atoms with Gasteiger partial charge in [-0.05, 0) is 43.7 Å². The number of para-hydroxylation sites is 1. The number of thiazole rings is 1. The van der Waals surface area contributed by atoms with Gasteiger partial charge in [-0.3, -0.25) is 14.5 Å². The van der Waals surface area contributed by atoms with Crippen LogP contribution < -0.4 is 0 Å². The van der Waals surface area contributed by atoms with E-state index < -0.39 is 0 Å². The van der Waals surface area contributed by atoms with Gasteiger partial charge in [0.15, 0.2) is 0 Å². The predicted molar refractivity (Wildman–Crippen MR) is 110 cm³/mol. The van der Waals surface area contributed by atoms with Crippen molar-refractivity contribution in [1.29, 1.82) is 0 Å². The third-order valence-electron chi connectivity index (χ3n) is 5.68. The maximum absolute atomic E-state index is 12.5. The molecule has 1 atom stereocenters. The topological polar surface area (TPSA) is 53.5 Å². The molecule has 2 amide bonds. The Balaban J connectivity index is 1.25. The summed E-state index contributed by atoms with van der Waals surface area (Å²) in [5.41, 5.74) is 2.13. The smallest absolute Gasteiger partial charge is 0.261 e. The Bertz CT molecular complexity index is 993. The lowest BCUT2D eigenvalue weighted by Crippen LogP contribution is -2.41. The highest BCUT2D eigenvalue weighted by molar-refractivity contribution is 7.18. The average Bonchev–Trinajstić information content (AvgIpc) is 3.27. The first-order valence-electron chi connectivity index (χ1n) is 9.74. The largest absolute Gasteiger partial charge is 0.301 e. The predicted octanol–water partition coefficient (Wildman–Crippen LogP) is 3.77. The summed E-state index contributed by atoms with van der Waals surface area (Å²) in [6, 6.07) is 15.4. The number of hydrogen-bond acceptors (Lipinski definition) is 5. The standard InChI is InChI=1S/C22H21N3O2S/c26-21-16-7-1-2-8-17(16)22(27)25(21)13-12-24-11-5-6-15(14-24)20-23-18-9-3-4-10-19(18)28-20/h1-4,7-10,15H,5-6,11-14H2/t15-/m1/s1. The lowest BCUT2D eigenvalue weighted by atomic mass is 9.99. The van der Waals surface area contributed by atoms with Gasteiger partial charge in [0.25, 0.3) is 11.8 Å². The van der Waals surface area contributed by atoms with Gasteiger partial charge in [-0.2, -0.15) is 0 Å². The van der Waals surface area contributed by atoms with E-state index in [2.05, 4.69) is 23.1 Å². The summed E-state index contributed by atoms with van der Waals surface area (Å²) in [6.07, 6.45) is 2.26. The molecule has 142 valence electrons. The second-order valence-corrected chi connectivity index (χ2v) is 8.53. The van der Waals surface area contributed by atoms with Gasteiger partial charge in [0, 0.05) is 25.6 Å². The second-order valence-electron chi connectivity index (χ2n) is 7.47. The van der Waals surface area contributed by atoms with Crippen LogP contribution in [0.5, 0.6) is 0 Å². The van der Waals surface area contributed by atoms with E-state index in [1.165, 1.54) is 14.6 Å². The lowest BCUT2D eigenvalue weighted by molar-refractivity contribution is 0.0629. The summed E-state index contributed by atoms with van der Waals surface area (Å²) in [5.74, 6) is 0.0917. The molecule has 3 heterocycles. The monoisotopic (exact) mass is 391 g/mol. The van der Waals surface area contributed by atoms with E-state index in [9.17, 15) is 9.59 Å². The Morgan fingerprint density at radius 1 is 0.964 bits per heavy atom. The zero-order chi connectivity index (χ0) is 19.1. The molecule has 1 aromatic heterocycles. The lowest BCUT2D eigenvalue weighted by Gasteiger charge is -2.32. The molecule has 5 nitrogen and oxygen atoms in total. The molecule has 0 unspecified atom stereocenters. The molecule has 0 radical (unpaired) electrons. The first kappa shape index (κ1) is 17.5. The summed E-state index contributed by atoms with van der Waals surface area (Å²) in [6.45, 7) is 3.10. The quantitative estimate of drug-likeness (QED) is 0.635. The van der Waals surface area contributed by atoms with E-state index >= 15 is 0 Å². The van der Waals surface area contributed by atoms with Crippen molar-refractivity contribution < 1.29 is 9.59 Å². The van der Waals surface area contributed by atoms with E-state index in [1.54, 1.807) is 35.6 Å². The third-order valence-corrected chi connectivity index (χ3v) is 6.88. The van der Waals surface area contributed by atoms with Crippen LogP contribution in [0.15, 0.2) is 48.5 Å². The van der Waals surface area contributed by atoms with Gasteiger partial charge in [-0.1, -0.05) is 24.3 Å². The highest BCUT2D eigenvalue weighted by Gasteiger charge is 2.35. The van der Waals surface area contributed by atoms with Gasteiger partial charge in [0.05, 0.1) is 26.4 Å². The summed E-state index contributed by atoms with van der Waals surface area (Å²) >= 11 is 1.79. The number of aromatic nitrogens is 1. The molecule has 0 bridgehead atoms. The number of benzene rings is 2. The first-order valence-corrected chi connectivity index (χ1v) is 10.6. The van der Waals surface area contributed by atoms with Crippen molar-refractivity contribution in [3.05, 3.63) is 64.7 Å². The van der Waals surface area contributed by atoms with Crippen LogP contribution in [-0.4, -0.2) is 52.8 Å². The Morgan fingerprint density at radius 2 is 1.68 bits per heavy atom. The molecule has 2 aliphatic heterocycles. The molecule has 3 aromatic rings. The molecule has 2 aromatic carbocycles. The highest BCUT2D eigenvalue weighted by Crippen LogP contribution is 2.33. The normalized spacial score (nSPS) is 20.1. The Kier molecular flexibility index (Phi) is 4.45.